The number of H-pyrrole nitrogens is 1. The highest BCUT2D eigenvalue weighted by Gasteiger charge is 2.22. The first kappa shape index (κ1) is 24.4. The molecule has 0 atom stereocenters. The Bertz CT molecular complexity index is 2760. The predicted molar refractivity (Wildman–Crippen MR) is 190 cm³/mol. The molecule has 0 aliphatic carbocycles. The minimum atomic E-state index is 1.15. The molecule has 0 bridgehead atoms. The van der Waals surface area contributed by atoms with Crippen LogP contribution in [0.3, 0.4) is 0 Å². The Labute approximate surface area is 259 Å². The second-order valence-corrected chi connectivity index (χ2v) is 11.8. The highest BCUT2D eigenvalue weighted by Crippen LogP contribution is 2.43. The van der Waals surface area contributed by atoms with Gasteiger partial charge in [0.05, 0.1) is 33.3 Å². The smallest absolute Gasteiger partial charge is 0.0709 e. The van der Waals surface area contributed by atoms with E-state index < -0.39 is 0 Å². The van der Waals surface area contributed by atoms with Crippen LogP contribution in [0.25, 0.3) is 87.9 Å². The summed E-state index contributed by atoms with van der Waals surface area (Å²) in [5.41, 5.74) is 11.9. The zero-order valence-corrected chi connectivity index (χ0v) is 24.4. The second-order valence-electron chi connectivity index (χ2n) is 11.8. The standard InChI is InChI=1S/C42H27N3/c1-2-12-27(13-3-1)28-14-10-15-29(26-28)44-37-22-9-6-18-34(37)40-38(44)25-24-33-31-17-5-8-21-36(31)45(42(33)40)39-23-11-19-32-30-16-4-7-20-35(30)43-41(32)39/h1-26,43H. The molecule has 10 rings (SSSR count). The van der Waals surface area contributed by atoms with Crippen molar-refractivity contribution in [1.82, 2.24) is 14.1 Å². The van der Waals surface area contributed by atoms with Gasteiger partial charge in [0.15, 0.2) is 0 Å². The van der Waals surface area contributed by atoms with Crippen molar-refractivity contribution < 1.29 is 0 Å². The van der Waals surface area contributed by atoms with Crippen molar-refractivity contribution in [3.63, 3.8) is 0 Å². The lowest BCUT2D eigenvalue weighted by Gasteiger charge is -2.12. The molecule has 1 N–H and O–H groups in total. The summed E-state index contributed by atoms with van der Waals surface area (Å²) in [7, 11) is 0. The molecule has 0 aliphatic rings. The SMILES string of the molecule is c1ccc(-c2cccc(-n3c4ccccc4c4c3ccc3c5ccccc5n(-c5cccc6c5[nH]c5ccccc56)c34)c2)cc1. The maximum Gasteiger partial charge on any atom is 0.0709 e. The number of nitrogens with zero attached hydrogens (tertiary/aromatic N) is 2. The maximum atomic E-state index is 3.78. The summed E-state index contributed by atoms with van der Waals surface area (Å²) in [6, 6.07) is 57.1. The first-order valence-corrected chi connectivity index (χ1v) is 15.5. The van der Waals surface area contributed by atoms with Gasteiger partial charge in [-0.1, -0.05) is 115 Å². The van der Waals surface area contributed by atoms with Gasteiger partial charge in [-0.15, -0.1) is 0 Å². The average Bonchev–Trinajstić information content (AvgIpc) is 3.76. The van der Waals surface area contributed by atoms with Crippen LogP contribution in [0, 0.1) is 0 Å². The third-order valence-electron chi connectivity index (χ3n) is 9.44. The van der Waals surface area contributed by atoms with Crippen LogP contribution in [0.4, 0.5) is 0 Å². The van der Waals surface area contributed by atoms with E-state index in [1.54, 1.807) is 0 Å². The summed E-state index contributed by atoms with van der Waals surface area (Å²) in [6.45, 7) is 0. The van der Waals surface area contributed by atoms with E-state index >= 15 is 0 Å². The third kappa shape index (κ3) is 3.41. The van der Waals surface area contributed by atoms with Crippen molar-refractivity contribution >= 4 is 65.4 Å². The Balaban J connectivity index is 1.36. The van der Waals surface area contributed by atoms with E-state index in [1.807, 2.05) is 0 Å². The Morgan fingerprint density at radius 3 is 1.93 bits per heavy atom. The number of benzene rings is 7. The van der Waals surface area contributed by atoms with Crippen molar-refractivity contribution in [2.24, 2.45) is 0 Å². The van der Waals surface area contributed by atoms with Gasteiger partial charge in [0.25, 0.3) is 0 Å². The summed E-state index contributed by atoms with van der Waals surface area (Å²) in [5, 5.41) is 7.50. The lowest BCUT2D eigenvalue weighted by molar-refractivity contribution is 1.18. The monoisotopic (exact) mass is 573 g/mol. The Morgan fingerprint density at radius 1 is 0.400 bits per heavy atom. The number of nitrogens with one attached hydrogen (secondary N) is 1. The first-order chi connectivity index (χ1) is 22.3. The Kier molecular flexibility index (Phi) is 5.00. The van der Waals surface area contributed by atoms with Crippen LogP contribution in [0.2, 0.25) is 0 Å². The minimum Gasteiger partial charge on any atom is -0.353 e. The molecule has 0 unspecified atom stereocenters. The molecule has 0 aliphatic heterocycles. The molecular weight excluding hydrogens is 546 g/mol. The van der Waals surface area contributed by atoms with Crippen LogP contribution in [0.15, 0.2) is 158 Å². The summed E-state index contributed by atoms with van der Waals surface area (Å²) in [6.07, 6.45) is 0. The van der Waals surface area contributed by atoms with E-state index in [1.165, 1.54) is 65.5 Å². The Morgan fingerprint density at radius 2 is 1.07 bits per heavy atom. The molecule has 3 heterocycles. The lowest BCUT2D eigenvalue weighted by Crippen LogP contribution is -1.96. The van der Waals surface area contributed by atoms with E-state index in [0.717, 1.165) is 22.4 Å². The van der Waals surface area contributed by atoms with Crippen LogP contribution in [0.5, 0.6) is 0 Å². The number of fused-ring (bicyclic) bond motifs is 10. The van der Waals surface area contributed by atoms with E-state index in [4.69, 9.17) is 0 Å². The molecule has 10 aromatic rings. The molecular formula is C42H27N3. The van der Waals surface area contributed by atoms with Gasteiger partial charge in [0.1, 0.15) is 0 Å². The van der Waals surface area contributed by atoms with Gasteiger partial charge in [-0.3, -0.25) is 0 Å². The highest BCUT2D eigenvalue weighted by atomic mass is 15.0. The largest absolute Gasteiger partial charge is 0.353 e. The van der Waals surface area contributed by atoms with Crippen molar-refractivity contribution in [3.05, 3.63) is 158 Å². The first-order valence-electron chi connectivity index (χ1n) is 15.5. The third-order valence-corrected chi connectivity index (χ3v) is 9.44. The number of hydrogen-bond acceptors (Lipinski definition) is 0. The summed E-state index contributed by atoms with van der Waals surface area (Å²) >= 11 is 0. The lowest BCUT2D eigenvalue weighted by atomic mass is 10.1. The number of aromatic amines is 1. The summed E-state index contributed by atoms with van der Waals surface area (Å²) < 4.78 is 4.92. The average molecular weight is 574 g/mol. The van der Waals surface area contributed by atoms with Gasteiger partial charge < -0.3 is 14.1 Å². The van der Waals surface area contributed by atoms with Gasteiger partial charge in [0, 0.05) is 43.5 Å². The fourth-order valence-electron chi connectivity index (χ4n) is 7.54. The molecule has 0 saturated heterocycles. The summed E-state index contributed by atoms with van der Waals surface area (Å²) in [4.78, 5) is 3.78. The number of para-hydroxylation sites is 4. The van der Waals surface area contributed by atoms with E-state index in [-0.39, 0.29) is 0 Å². The Hall–Kier alpha value is -6.06. The second kappa shape index (κ2) is 9.22. The molecule has 3 heteroatoms. The molecule has 45 heavy (non-hydrogen) atoms. The maximum absolute atomic E-state index is 3.78. The number of aromatic nitrogens is 3. The summed E-state index contributed by atoms with van der Waals surface area (Å²) in [5.74, 6) is 0. The van der Waals surface area contributed by atoms with Crippen molar-refractivity contribution in [2.75, 3.05) is 0 Å². The molecule has 0 amide bonds. The molecule has 3 nitrogen and oxygen atoms in total. The van der Waals surface area contributed by atoms with Crippen LogP contribution in [-0.2, 0) is 0 Å². The number of rotatable bonds is 3. The molecule has 0 saturated carbocycles. The van der Waals surface area contributed by atoms with E-state index in [9.17, 15) is 0 Å². The molecule has 0 fully saturated rings. The topological polar surface area (TPSA) is 25.6 Å². The normalized spacial score (nSPS) is 12.0. The van der Waals surface area contributed by atoms with Crippen LogP contribution in [-0.4, -0.2) is 14.1 Å². The zero-order valence-electron chi connectivity index (χ0n) is 24.4. The van der Waals surface area contributed by atoms with Crippen molar-refractivity contribution in [3.8, 4) is 22.5 Å². The molecule has 0 spiro atoms. The van der Waals surface area contributed by atoms with Crippen molar-refractivity contribution in [1.29, 1.82) is 0 Å². The molecule has 0 radical (unpaired) electrons. The molecule has 7 aromatic carbocycles. The van der Waals surface area contributed by atoms with Gasteiger partial charge in [0.2, 0.25) is 0 Å². The highest BCUT2D eigenvalue weighted by molar-refractivity contribution is 6.26. The molecule has 3 aromatic heterocycles. The minimum absolute atomic E-state index is 1.15. The fourth-order valence-corrected chi connectivity index (χ4v) is 7.54. The quantitative estimate of drug-likeness (QED) is 0.218. The van der Waals surface area contributed by atoms with E-state index in [2.05, 4.69) is 172 Å². The van der Waals surface area contributed by atoms with E-state index in [0.29, 0.717) is 0 Å². The predicted octanol–water partition coefficient (Wildman–Crippen LogP) is 11.2. The fraction of sp³-hybridized carbons (Fsp3) is 0. The van der Waals surface area contributed by atoms with Crippen molar-refractivity contribution in [2.45, 2.75) is 0 Å². The van der Waals surface area contributed by atoms with Crippen LogP contribution in [0.1, 0.15) is 0 Å². The number of hydrogen-bond donors (Lipinski definition) is 1. The van der Waals surface area contributed by atoms with Gasteiger partial charge in [-0.05, 0) is 53.6 Å². The van der Waals surface area contributed by atoms with Gasteiger partial charge in [-0.25, -0.2) is 0 Å². The van der Waals surface area contributed by atoms with Crippen LogP contribution < -0.4 is 0 Å². The van der Waals surface area contributed by atoms with Crippen LogP contribution >= 0.6 is 0 Å². The molecule has 210 valence electrons. The van der Waals surface area contributed by atoms with Gasteiger partial charge in [-0.2, -0.15) is 0 Å². The van der Waals surface area contributed by atoms with Gasteiger partial charge >= 0.3 is 0 Å². The zero-order chi connectivity index (χ0) is 29.5.